The van der Waals surface area contributed by atoms with Gasteiger partial charge in [-0.05, 0) is 48.7 Å². The van der Waals surface area contributed by atoms with Crippen LogP contribution in [-0.4, -0.2) is 26.8 Å². The standard InChI is InChI=1S/C12H20N2O2S2/c1-10(11-5-7-17-8-11)14-18(15,16)9-12-4-2-3-6-13-12/h5,7-8,10,12-14H,2-4,6,9H2,1H3. The SMILES string of the molecule is CC(NS(=O)(=O)CC1CCCCN1)c1ccsc1. The third-order valence-electron chi connectivity index (χ3n) is 3.23. The average Bonchev–Trinajstić information content (AvgIpc) is 2.82. The summed E-state index contributed by atoms with van der Waals surface area (Å²) >= 11 is 1.58. The van der Waals surface area contributed by atoms with E-state index in [2.05, 4.69) is 10.0 Å². The first kappa shape index (κ1) is 14.0. The third-order valence-corrected chi connectivity index (χ3v) is 5.49. The summed E-state index contributed by atoms with van der Waals surface area (Å²) in [4.78, 5) is 0. The summed E-state index contributed by atoms with van der Waals surface area (Å²) in [5, 5.41) is 7.21. The second-order valence-electron chi connectivity index (χ2n) is 4.82. The number of nitrogens with one attached hydrogen (secondary N) is 2. The first-order valence-corrected chi connectivity index (χ1v) is 8.92. The highest BCUT2D eigenvalue weighted by Crippen LogP contribution is 2.17. The minimum Gasteiger partial charge on any atom is -0.313 e. The highest BCUT2D eigenvalue weighted by atomic mass is 32.2. The molecule has 2 rings (SSSR count). The molecule has 1 aromatic heterocycles. The molecule has 2 N–H and O–H groups in total. The second kappa shape index (κ2) is 6.14. The summed E-state index contributed by atoms with van der Waals surface area (Å²) < 4.78 is 26.9. The fourth-order valence-corrected chi connectivity index (χ4v) is 4.58. The van der Waals surface area contributed by atoms with E-state index in [0.29, 0.717) is 0 Å². The van der Waals surface area contributed by atoms with E-state index < -0.39 is 10.0 Å². The molecular weight excluding hydrogens is 268 g/mol. The van der Waals surface area contributed by atoms with Crippen molar-refractivity contribution in [3.63, 3.8) is 0 Å². The van der Waals surface area contributed by atoms with Crippen LogP contribution in [-0.2, 0) is 10.0 Å². The van der Waals surface area contributed by atoms with Gasteiger partial charge in [0.05, 0.1) is 5.75 Å². The maximum Gasteiger partial charge on any atom is 0.213 e. The van der Waals surface area contributed by atoms with E-state index in [0.717, 1.165) is 31.4 Å². The van der Waals surface area contributed by atoms with Crippen molar-refractivity contribution in [2.45, 2.75) is 38.3 Å². The van der Waals surface area contributed by atoms with Crippen LogP contribution in [0.15, 0.2) is 16.8 Å². The molecule has 1 aliphatic rings. The molecule has 2 atom stereocenters. The zero-order valence-electron chi connectivity index (χ0n) is 10.6. The van der Waals surface area contributed by atoms with Crippen LogP contribution in [0.2, 0.25) is 0 Å². The topological polar surface area (TPSA) is 58.2 Å². The maximum absolute atomic E-state index is 12.1. The fraction of sp³-hybridized carbons (Fsp3) is 0.667. The molecule has 0 aromatic carbocycles. The molecule has 0 saturated carbocycles. The van der Waals surface area contributed by atoms with Crippen molar-refractivity contribution in [3.8, 4) is 0 Å². The fourth-order valence-electron chi connectivity index (χ4n) is 2.24. The maximum atomic E-state index is 12.1. The van der Waals surface area contributed by atoms with E-state index in [1.54, 1.807) is 11.3 Å². The van der Waals surface area contributed by atoms with Crippen molar-refractivity contribution in [2.24, 2.45) is 0 Å². The zero-order valence-corrected chi connectivity index (χ0v) is 12.2. The van der Waals surface area contributed by atoms with Crippen LogP contribution in [0, 0.1) is 0 Å². The lowest BCUT2D eigenvalue weighted by atomic mass is 10.1. The number of hydrogen-bond donors (Lipinski definition) is 2. The summed E-state index contributed by atoms with van der Waals surface area (Å²) in [5.74, 6) is 0.182. The molecule has 0 radical (unpaired) electrons. The van der Waals surface area contributed by atoms with Crippen LogP contribution in [0.1, 0.15) is 37.8 Å². The van der Waals surface area contributed by atoms with Gasteiger partial charge in [-0.3, -0.25) is 0 Å². The Hall–Kier alpha value is -0.430. The molecule has 0 bridgehead atoms. The Labute approximate surface area is 113 Å². The zero-order chi connectivity index (χ0) is 13.0. The van der Waals surface area contributed by atoms with E-state index in [4.69, 9.17) is 0 Å². The van der Waals surface area contributed by atoms with Crippen LogP contribution in [0.5, 0.6) is 0 Å². The Morgan fingerprint density at radius 2 is 2.39 bits per heavy atom. The van der Waals surface area contributed by atoms with Gasteiger partial charge >= 0.3 is 0 Å². The lowest BCUT2D eigenvalue weighted by Gasteiger charge is -2.24. The highest BCUT2D eigenvalue weighted by molar-refractivity contribution is 7.89. The molecule has 18 heavy (non-hydrogen) atoms. The van der Waals surface area contributed by atoms with Gasteiger partial charge in [0, 0.05) is 12.1 Å². The molecule has 1 aliphatic heterocycles. The Morgan fingerprint density at radius 3 is 3.00 bits per heavy atom. The smallest absolute Gasteiger partial charge is 0.213 e. The van der Waals surface area contributed by atoms with Gasteiger partial charge in [-0.1, -0.05) is 6.42 Å². The summed E-state index contributed by atoms with van der Waals surface area (Å²) in [6.45, 7) is 2.81. The van der Waals surface area contributed by atoms with Gasteiger partial charge in [-0.2, -0.15) is 11.3 Å². The number of rotatable bonds is 5. The van der Waals surface area contributed by atoms with Crippen LogP contribution in [0.25, 0.3) is 0 Å². The largest absolute Gasteiger partial charge is 0.313 e. The molecular formula is C12H20N2O2S2. The normalized spacial score (nSPS) is 22.8. The molecule has 0 aliphatic carbocycles. The van der Waals surface area contributed by atoms with Crippen molar-refractivity contribution in [2.75, 3.05) is 12.3 Å². The van der Waals surface area contributed by atoms with Gasteiger partial charge in [0.25, 0.3) is 0 Å². The minimum absolute atomic E-state index is 0.103. The average molecular weight is 288 g/mol. The van der Waals surface area contributed by atoms with Crippen LogP contribution >= 0.6 is 11.3 Å². The number of sulfonamides is 1. The Bertz CT molecular complexity index is 450. The van der Waals surface area contributed by atoms with Crippen molar-refractivity contribution in [3.05, 3.63) is 22.4 Å². The highest BCUT2D eigenvalue weighted by Gasteiger charge is 2.22. The molecule has 1 fully saturated rings. The molecule has 1 saturated heterocycles. The van der Waals surface area contributed by atoms with Crippen LogP contribution in [0.3, 0.4) is 0 Å². The van der Waals surface area contributed by atoms with E-state index in [1.807, 2.05) is 23.8 Å². The second-order valence-corrected chi connectivity index (χ2v) is 7.40. The van der Waals surface area contributed by atoms with Crippen molar-refractivity contribution in [1.82, 2.24) is 10.0 Å². The van der Waals surface area contributed by atoms with Crippen LogP contribution < -0.4 is 10.0 Å². The van der Waals surface area contributed by atoms with E-state index in [-0.39, 0.29) is 17.8 Å². The molecule has 102 valence electrons. The summed E-state index contributed by atoms with van der Waals surface area (Å²) in [6, 6.07) is 1.91. The molecule has 6 heteroatoms. The third kappa shape index (κ3) is 4.05. The summed E-state index contributed by atoms with van der Waals surface area (Å²) in [6.07, 6.45) is 3.22. The van der Waals surface area contributed by atoms with E-state index in [1.165, 1.54) is 0 Å². The summed E-state index contributed by atoms with van der Waals surface area (Å²) in [7, 11) is -3.21. The van der Waals surface area contributed by atoms with Crippen molar-refractivity contribution < 1.29 is 8.42 Å². The van der Waals surface area contributed by atoms with Gasteiger partial charge in [0.15, 0.2) is 0 Å². The first-order valence-electron chi connectivity index (χ1n) is 6.32. The Kier molecular flexibility index (Phi) is 4.77. The number of piperidine rings is 1. The van der Waals surface area contributed by atoms with Crippen molar-refractivity contribution in [1.29, 1.82) is 0 Å². The van der Waals surface area contributed by atoms with Crippen molar-refractivity contribution >= 4 is 21.4 Å². The Balaban J connectivity index is 1.90. The van der Waals surface area contributed by atoms with Gasteiger partial charge in [-0.25, -0.2) is 13.1 Å². The summed E-state index contributed by atoms with van der Waals surface area (Å²) in [5.41, 5.74) is 1.03. The van der Waals surface area contributed by atoms with Gasteiger partial charge in [0.1, 0.15) is 0 Å². The number of thiophene rings is 1. The van der Waals surface area contributed by atoms with Gasteiger partial charge in [-0.15, -0.1) is 0 Å². The Morgan fingerprint density at radius 1 is 1.56 bits per heavy atom. The lowest BCUT2D eigenvalue weighted by molar-refractivity contribution is 0.421. The number of hydrogen-bond acceptors (Lipinski definition) is 4. The molecule has 2 heterocycles. The minimum atomic E-state index is -3.21. The van der Waals surface area contributed by atoms with Gasteiger partial charge < -0.3 is 5.32 Å². The van der Waals surface area contributed by atoms with Gasteiger partial charge in [0.2, 0.25) is 10.0 Å². The van der Waals surface area contributed by atoms with Crippen LogP contribution in [0.4, 0.5) is 0 Å². The first-order chi connectivity index (χ1) is 8.57. The molecule has 0 amide bonds. The molecule has 0 spiro atoms. The molecule has 4 nitrogen and oxygen atoms in total. The predicted molar refractivity (Wildman–Crippen MR) is 75.3 cm³/mol. The lowest BCUT2D eigenvalue weighted by Crippen LogP contribution is -2.43. The molecule has 2 unspecified atom stereocenters. The molecule has 1 aromatic rings. The van der Waals surface area contributed by atoms with E-state index in [9.17, 15) is 8.42 Å². The quantitative estimate of drug-likeness (QED) is 0.869. The predicted octanol–water partition coefficient (Wildman–Crippen LogP) is 1.87. The monoisotopic (exact) mass is 288 g/mol. The van der Waals surface area contributed by atoms with E-state index >= 15 is 0 Å².